The van der Waals surface area contributed by atoms with Gasteiger partial charge in [-0.25, -0.2) is 4.57 Å². The molecule has 3 atom stereocenters. The van der Waals surface area contributed by atoms with Crippen molar-refractivity contribution in [2.75, 3.05) is 19.8 Å². The second kappa shape index (κ2) is 29.6. The Morgan fingerprint density at radius 3 is 1.78 bits per heavy atom. The molecule has 0 aromatic rings. The van der Waals surface area contributed by atoms with Crippen molar-refractivity contribution < 1.29 is 47.5 Å². The highest BCUT2D eigenvalue weighted by molar-refractivity contribution is 7.47. The number of carbonyl (C=O) groups is 3. The monoisotopic (exact) mass is 669 g/mol. The van der Waals surface area contributed by atoms with E-state index < -0.39 is 51.1 Å². The molecule has 0 aliphatic carbocycles. The molecule has 262 valence electrons. The summed E-state index contributed by atoms with van der Waals surface area (Å²) in [5.41, 5.74) is 5.28. The number of carboxylic acid groups (broad SMARTS) is 1. The Labute approximate surface area is 275 Å². The van der Waals surface area contributed by atoms with Gasteiger partial charge in [-0.2, -0.15) is 0 Å². The maximum absolute atomic E-state index is 12.4. The molecule has 0 aliphatic rings. The zero-order chi connectivity index (χ0) is 34.3. The molecule has 0 fully saturated rings. The first-order valence-corrected chi connectivity index (χ1v) is 17.8. The molecule has 4 N–H and O–H groups in total. The lowest BCUT2D eigenvalue weighted by Crippen LogP contribution is -2.34. The molecule has 0 saturated heterocycles. The van der Waals surface area contributed by atoms with Gasteiger partial charge in [0.15, 0.2) is 6.10 Å². The van der Waals surface area contributed by atoms with E-state index in [-0.39, 0.29) is 19.4 Å². The van der Waals surface area contributed by atoms with E-state index in [1.54, 1.807) is 0 Å². The number of phosphoric ester groups is 1. The number of hydrogen-bond donors (Lipinski definition) is 3. The molecule has 0 aromatic carbocycles. The van der Waals surface area contributed by atoms with Crippen LogP contribution in [0.5, 0.6) is 0 Å². The van der Waals surface area contributed by atoms with Crippen molar-refractivity contribution in [3.63, 3.8) is 0 Å². The summed E-state index contributed by atoms with van der Waals surface area (Å²) >= 11 is 0. The summed E-state index contributed by atoms with van der Waals surface area (Å²) in [6.07, 6.45) is 30.8. The zero-order valence-electron chi connectivity index (χ0n) is 27.6. The minimum absolute atomic E-state index is 0.0803. The first kappa shape index (κ1) is 43.2. The van der Waals surface area contributed by atoms with Crippen molar-refractivity contribution in [1.29, 1.82) is 0 Å². The van der Waals surface area contributed by atoms with Gasteiger partial charge in [0.25, 0.3) is 0 Å². The molecule has 0 saturated carbocycles. The minimum atomic E-state index is -4.71. The second-order valence-electron chi connectivity index (χ2n) is 10.6. The molecule has 0 aromatic heterocycles. The first-order chi connectivity index (χ1) is 22.1. The largest absolute Gasteiger partial charge is 0.480 e. The number of ether oxygens (including phenoxy) is 2. The van der Waals surface area contributed by atoms with Gasteiger partial charge in [-0.3, -0.25) is 23.4 Å². The van der Waals surface area contributed by atoms with Crippen molar-refractivity contribution in [3.8, 4) is 0 Å². The molecule has 0 spiro atoms. The molecule has 0 bridgehead atoms. The topological polar surface area (TPSA) is 172 Å². The Morgan fingerprint density at radius 2 is 1.22 bits per heavy atom. The molecule has 0 rings (SSSR count). The smallest absolute Gasteiger partial charge is 0.472 e. The molecule has 0 heterocycles. The lowest BCUT2D eigenvalue weighted by molar-refractivity contribution is -0.161. The summed E-state index contributed by atoms with van der Waals surface area (Å²) in [5, 5.41) is 8.80. The Morgan fingerprint density at radius 1 is 0.696 bits per heavy atom. The lowest BCUT2D eigenvalue weighted by atomic mass is 10.1. The fraction of sp³-hybridized carbons (Fsp3) is 0.618. The van der Waals surface area contributed by atoms with E-state index in [9.17, 15) is 23.8 Å². The fourth-order valence-corrected chi connectivity index (χ4v) is 4.46. The van der Waals surface area contributed by atoms with Crippen LogP contribution in [0.3, 0.4) is 0 Å². The fourth-order valence-electron chi connectivity index (χ4n) is 3.69. The summed E-state index contributed by atoms with van der Waals surface area (Å²) in [7, 11) is -4.71. The third-order valence-electron chi connectivity index (χ3n) is 6.28. The molecule has 0 radical (unpaired) electrons. The van der Waals surface area contributed by atoms with Crippen molar-refractivity contribution in [2.45, 2.75) is 116 Å². The molecule has 0 aliphatic heterocycles. The van der Waals surface area contributed by atoms with E-state index in [0.29, 0.717) is 19.3 Å². The Balaban J connectivity index is 4.55. The van der Waals surface area contributed by atoms with E-state index in [0.717, 1.165) is 57.8 Å². The van der Waals surface area contributed by atoms with Gasteiger partial charge in [0.2, 0.25) is 0 Å². The van der Waals surface area contributed by atoms with Gasteiger partial charge < -0.3 is 25.2 Å². The van der Waals surface area contributed by atoms with Gasteiger partial charge in [-0.15, -0.1) is 0 Å². The second-order valence-corrected chi connectivity index (χ2v) is 12.0. The first-order valence-electron chi connectivity index (χ1n) is 16.3. The van der Waals surface area contributed by atoms with Gasteiger partial charge in [-0.05, 0) is 51.4 Å². The van der Waals surface area contributed by atoms with E-state index in [2.05, 4.69) is 67.0 Å². The van der Waals surface area contributed by atoms with Gasteiger partial charge in [0, 0.05) is 12.8 Å². The predicted molar refractivity (Wildman–Crippen MR) is 180 cm³/mol. The van der Waals surface area contributed by atoms with Gasteiger partial charge in [0.1, 0.15) is 12.6 Å². The summed E-state index contributed by atoms with van der Waals surface area (Å²) in [6.45, 7) is 2.47. The summed E-state index contributed by atoms with van der Waals surface area (Å²) in [6, 6.07) is -1.53. The average molecular weight is 670 g/mol. The van der Waals surface area contributed by atoms with Crippen LogP contribution < -0.4 is 5.73 Å². The summed E-state index contributed by atoms with van der Waals surface area (Å²) in [5.74, 6) is -2.48. The number of carboxylic acids is 1. The van der Waals surface area contributed by atoms with Gasteiger partial charge in [0.05, 0.1) is 13.2 Å². The van der Waals surface area contributed by atoms with Crippen LogP contribution in [0, 0.1) is 0 Å². The Kier molecular flexibility index (Phi) is 27.8. The quantitative estimate of drug-likeness (QED) is 0.0316. The van der Waals surface area contributed by atoms with Crippen LogP contribution in [0.1, 0.15) is 104 Å². The highest BCUT2D eigenvalue weighted by Crippen LogP contribution is 2.43. The average Bonchev–Trinajstić information content (AvgIpc) is 3.02. The summed E-state index contributed by atoms with van der Waals surface area (Å²) in [4.78, 5) is 45.2. The molecule has 3 unspecified atom stereocenters. The number of nitrogens with two attached hydrogens (primary N) is 1. The standard InChI is InChI=1S/C34H56NO10P/c1-3-5-7-9-10-11-12-13-14-15-16-17-18-19-20-22-24-26-33(37)45-30(27-42-32(36)25-23-21-8-6-4-2)28-43-46(40,41)44-29-31(35)34(38)39/h5,7,10-11,13-14,16-17,19-20,30-31H,3-4,6,8-9,12,15,18,21-29,35H2,1-2H3,(H,38,39)(H,40,41)/b7-5-,11-10-,14-13-,17-16-,20-19-. The van der Waals surface area contributed by atoms with Crippen LogP contribution >= 0.6 is 7.82 Å². The number of unbranched alkanes of at least 4 members (excludes halogenated alkanes) is 5. The third kappa shape index (κ3) is 28.6. The van der Waals surface area contributed by atoms with Crippen molar-refractivity contribution in [3.05, 3.63) is 60.8 Å². The van der Waals surface area contributed by atoms with Gasteiger partial charge >= 0.3 is 25.7 Å². The lowest BCUT2D eigenvalue weighted by Gasteiger charge is -2.20. The van der Waals surface area contributed by atoms with Crippen LogP contribution in [-0.4, -0.2) is 59.9 Å². The molecule has 12 heteroatoms. The normalized spacial score (nSPS) is 14.9. The van der Waals surface area contributed by atoms with Crippen molar-refractivity contribution in [1.82, 2.24) is 0 Å². The maximum Gasteiger partial charge on any atom is 0.472 e. The molecule has 46 heavy (non-hydrogen) atoms. The number of rotatable bonds is 29. The number of carbonyl (C=O) groups excluding carboxylic acids is 2. The predicted octanol–water partition coefficient (Wildman–Crippen LogP) is 7.27. The Bertz CT molecular complexity index is 1020. The SMILES string of the molecule is CC/C=C\C/C=C\C/C=C\C/C=C\C/C=C\CCCC(=O)OC(COC(=O)CCCCCCC)COP(=O)(O)OCC(N)C(=O)O. The molecule has 0 amide bonds. The number of phosphoric acid groups is 1. The highest BCUT2D eigenvalue weighted by Gasteiger charge is 2.28. The van der Waals surface area contributed by atoms with Crippen LogP contribution in [0.2, 0.25) is 0 Å². The highest BCUT2D eigenvalue weighted by atomic mass is 31.2. The number of aliphatic carboxylic acids is 1. The minimum Gasteiger partial charge on any atom is -0.480 e. The third-order valence-corrected chi connectivity index (χ3v) is 7.23. The van der Waals surface area contributed by atoms with Crippen LogP contribution in [-0.2, 0) is 37.5 Å². The number of allylic oxidation sites excluding steroid dienone is 10. The van der Waals surface area contributed by atoms with Gasteiger partial charge in [-0.1, -0.05) is 100 Å². The van der Waals surface area contributed by atoms with Crippen LogP contribution in [0.4, 0.5) is 0 Å². The van der Waals surface area contributed by atoms with E-state index >= 15 is 0 Å². The molecular weight excluding hydrogens is 613 g/mol. The van der Waals surface area contributed by atoms with E-state index in [1.165, 1.54) is 0 Å². The van der Waals surface area contributed by atoms with E-state index in [4.69, 9.17) is 24.8 Å². The van der Waals surface area contributed by atoms with Crippen LogP contribution in [0.15, 0.2) is 60.8 Å². The van der Waals surface area contributed by atoms with E-state index in [1.807, 2.05) is 12.2 Å². The van der Waals surface area contributed by atoms with Crippen molar-refractivity contribution in [2.24, 2.45) is 5.73 Å². The number of esters is 2. The zero-order valence-corrected chi connectivity index (χ0v) is 28.5. The van der Waals surface area contributed by atoms with Crippen LogP contribution in [0.25, 0.3) is 0 Å². The summed E-state index contributed by atoms with van der Waals surface area (Å²) < 4.78 is 32.2. The van der Waals surface area contributed by atoms with Crippen molar-refractivity contribution >= 4 is 25.7 Å². The Hall–Kier alpha value is -2.82. The molecule has 11 nitrogen and oxygen atoms in total. The number of hydrogen-bond acceptors (Lipinski definition) is 9. The molecular formula is C34H56NO10P. The maximum atomic E-state index is 12.4.